The fourth-order valence-corrected chi connectivity index (χ4v) is 5.96. The van der Waals surface area contributed by atoms with Crippen molar-refractivity contribution in [2.24, 2.45) is 11.8 Å². The summed E-state index contributed by atoms with van der Waals surface area (Å²) in [6.07, 6.45) is 3.09. The molecule has 2 rings (SSSR count). The number of hydrogen-bond donors (Lipinski definition) is 2. The van der Waals surface area contributed by atoms with Crippen LogP contribution in [0.15, 0.2) is 0 Å². The molecular formula is C19H33N3O3S2. The molecule has 0 bridgehead atoms. The molecule has 0 saturated carbocycles. The third kappa shape index (κ3) is 7.56. The predicted octanol–water partition coefficient (Wildman–Crippen LogP) is 2.09. The van der Waals surface area contributed by atoms with Crippen molar-refractivity contribution in [3.8, 4) is 0 Å². The Morgan fingerprint density at radius 1 is 1.07 bits per heavy atom. The van der Waals surface area contributed by atoms with Gasteiger partial charge in [0.15, 0.2) is 0 Å². The second-order valence-corrected chi connectivity index (χ2v) is 10.5. The molecule has 0 aromatic heterocycles. The molecule has 2 aliphatic heterocycles. The quantitative estimate of drug-likeness (QED) is 0.635. The van der Waals surface area contributed by atoms with E-state index >= 15 is 0 Å². The molecule has 2 fully saturated rings. The summed E-state index contributed by atoms with van der Waals surface area (Å²) < 4.78 is 0.0356. The van der Waals surface area contributed by atoms with Gasteiger partial charge >= 0.3 is 0 Å². The van der Waals surface area contributed by atoms with Crippen molar-refractivity contribution in [1.29, 1.82) is 0 Å². The Bertz CT molecular complexity index is 516. The lowest BCUT2D eigenvalue weighted by Gasteiger charge is -2.35. The third-order valence-corrected chi connectivity index (χ3v) is 8.18. The highest BCUT2D eigenvalue weighted by atomic mass is 32.2. The van der Waals surface area contributed by atoms with Crippen molar-refractivity contribution >= 4 is 41.2 Å². The molecule has 0 spiro atoms. The van der Waals surface area contributed by atoms with Gasteiger partial charge in [-0.3, -0.25) is 14.4 Å². The Balaban J connectivity index is 1.65. The molecule has 2 heterocycles. The van der Waals surface area contributed by atoms with Gasteiger partial charge in [0.25, 0.3) is 0 Å². The Morgan fingerprint density at radius 3 is 2.30 bits per heavy atom. The second kappa shape index (κ2) is 11.2. The molecule has 2 aliphatic rings. The molecule has 27 heavy (non-hydrogen) atoms. The van der Waals surface area contributed by atoms with Crippen LogP contribution in [0.5, 0.6) is 0 Å². The van der Waals surface area contributed by atoms with E-state index in [9.17, 15) is 14.4 Å². The van der Waals surface area contributed by atoms with E-state index in [-0.39, 0.29) is 34.9 Å². The Kier molecular flexibility index (Phi) is 9.29. The van der Waals surface area contributed by atoms with Crippen molar-refractivity contribution in [1.82, 2.24) is 15.5 Å². The van der Waals surface area contributed by atoms with Gasteiger partial charge in [-0.25, -0.2) is 0 Å². The summed E-state index contributed by atoms with van der Waals surface area (Å²) in [4.78, 5) is 38.2. The largest absolute Gasteiger partial charge is 0.352 e. The van der Waals surface area contributed by atoms with E-state index < -0.39 is 0 Å². The van der Waals surface area contributed by atoms with Crippen LogP contribution in [0.25, 0.3) is 0 Å². The topological polar surface area (TPSA) is 78.5 Å². The maximum absolute atomic E-state index is 12.3. The maximum Gasteiger partial charge on any atom is 0.243 e. The molecule has 0 aliphatic carbocycles. The number of carbonyl (C=O) groups excluding carboxylic acids is 3. The molecule has 8 heteroatoms. The monoisotopic (exact) mass is 415 g/mol. The first kappa shape index (κ1) is 22.4. The Labute approximate surface area is 171 Å². The van der Waals surface area contributed by atoms with Gasteiger partial charge < -0.3 is 15.5 Å². The van der Waals surface area contributed by atoms with Gasteiger partial charge in [-0.15, -0.1) is 23.5 Å². The molecule has 6 nitrogen and oxygen atoms in total. The van der Waals surface area contributed by atoms with Crippen LogP contribution in [0.1, 0.15) is 46.5 Å². The molecule has 1 atom stereocenters. The van der Waals surface area contributed by atoms with E-state index in [4.69, 9.17) is 0 Å². The lowest BCUT2D eigenvalue weighted by atomic mass is 9.90. The zero-order valence-electron chi connectivity index (χ0n) is 16.7. The number of thioether (sulfide) groups is 2. The summed E-state index contributed by atoms with van der Waals surface area (Å²) in [5, 5.41) is 5.89. The number of likely N-dealkylation sites (tertiary alicyclic amines) is 1. The van der Waals surface area contributed by atoms with Crippen LogP contribution in [0.2, 0.25) is 0 Å². The fraction of sp³-hybridized carbons (Fsp3) is 0.842. The molecule has 0 aromatic rings. The van der Waals surface area contributed by atoms with Gasteiger partial charge in [-0.1, -0.05) is 13.8 Å². The normalized spacial score (nSPS) is 19.9. The van der Waals surface area contributed by atoms with Crippen molar-refractivity contribution in [2.45, 2.75) is 57.1 Å². The van der Waals surface area contributed by atoms with Crippen molar-refractivity contribution in [2.75, 3.05) is 31.1 Å². The molecule has 1 unspecified atom stereocenters. The van der Waals surface area contributed by atoms with Gasteiger partial charge in [-0.05, 0) is 38.0 Å². The van der Waals surface area contributed by atoms with Crippen LogP contribution in [0.4, 0.5) is 0 Å². The van der Waals surface area contributed by atoms with Crippen LogP contribution < -0.4 is 10.6 Å². The number of carbonyl (C=O) groups is 3. The minimum atomic E-state index is -0.0501. The van der Waals surface area contributed by atoms with E-state index in [1.807, 2.05) is 4.90 Å². The van der Waals surface area contributed by atoms with E-state index in [1.165, 1.54) is 0 Å². The standard InChI is InChI=1S/C19H33N3O3S2/c1-13(2)4-5-16(23)20-12-17(24)22-8-6-15(7-9-22)14(3)21-18(25)19-26-10-11-27-19/h13-15,19H,4-12H2,1-3H3,(H,20,23)(H,21,25). The second-order valence-electron chi connectivity index (χ2n) is 7.80. The summed E-state index contributed by atoms with van der Waals surface area (Å²) in [7, 11) is 0. The van der Waals surface area contributed by atoms with Crippen molar-refractivity contribution in [3.63, 3.8) is 0 Å². The molecule has 2 N–H and O–H groups in total. The van der Waals surface area contributed by atoms with Crippen LogP contribution in [-0.2, 0) is 14.4 Å². The number of nitrogens with one attached hydrogen (secondary N) is 2. The summed E-state index contributed by atoms with van der Waals surface area (Å²) >= 11 is 3.44. The highest BCUT2D eigenvalue weighted by Crippen LogP contribution is 2.32. The zero-order chi connectivity index (χ0) is 19.8. The molecule has 0 radical (unpaired) electrons. The minimum absolute atomic E-state index is 0.0122. The highest BCUT2D eigenvalue weighted by Gasteiger charge is 2.30. The number of piperidine rings is 1. The smallest absolute Gasteiger partial charge is 0.243 e. The fourth-order valence-electron chi connectivity index (χ4n) is 3.36. The number of amides is 3. The van der Waals surface area contributed by atoms with Crippen LogP contribution in [-0.4, -0.2) is 64.4 Å². The van der Waals surface area contributed by atoms with E-state index in [1.54, 1.807) is 23.5 Å². The molecule has 154 valence electrons. The van der Waals surface area contributed by atoms with Gasteiger partial charge in [0.2, 0.25) is 17.7 Å². The molecule has 0 aromatic carbocycles. The Hall–Kier alpha value is -0.890. The van der Waals surface area contributed by atoms with E-state index in [2.05, 4.69) is 31.4 Å². The lowest BCUT2D eigenvalue weighted by molar-refractivity contribution is -0.134. The first-order chi connectivity index (χ1) is 12.9. The van der Waals surface area contributed by atoms with E-state index in [0.29, 0.717) is 31.3 Å². The summed E-state index contributed by atoms with van der Waals surface area (Å²) in [5.74, 6) is 3.05. The van der Waals surface area contributed by atoms with Gasteiger partial charge in [-0.2, -0.15) is 0 Å². The van der Waals surface area contributed by atoms with Gasteiger partial charge in [0.05, 0.1) is 6.54 Å². The maximum atomic E-state index is 12.3. The van der Waals surface area contributed by atoms with Crippen LogP contribution in [0.3, 0.4) is 0 Å². The van der Waals surface area contributed by atoms with Crippen molar-refractivity contribution in [3.05, 3.63) is 0 Å². The third-order valence-electron chi connectivity index (χ3n) is 5.19. The first-order valence-electron chi connectivity index (χ1n) is 9.95. The van der Waals surface area contributed by atoms with Crippen LogP contribution in [0, 0.1) is 11.8 Å². The summed E-state index contributed by atoms with van der Waals surface area (Å²) in [6, 6.07) is 0.132. The minimum Gasteiger partial charge on any atom is -0.352 e. The average molecular weight is 416 g/mol. The summed E-state index contributed by atoms with van der Waals surface area (Å²) in [6.45, 7) is 7.70. The predicted molar refractivity (Wildman–Crippen MR) is 113 cm³/mol. The number of nitrogens with zero attached hydrogens (tertiary/aromatic N) is 1. The van der Waals surface area contributed by atoms with Gasteiger partial charge in [0, 0.05) is 37.1 Å². The SMILES string of the molecule is CC(C)CCC(=O)NCC(=O)N1CCC(C(C)NC(=O)C2SCCS2)CC1. The summed E-state index contributed by atoms with van der Waals surface area (Å²) in [5.41, 5.74) is 0. The number of rotatable bonds is 8. The van der Waals surface area contributed by atoms with Crippen molar-refractivity contribution < 1.29 is 14.4 Å². The average Bonchev–Trinajstić information content (AvgIpc) is 3.19. The Morgan fingerprint density at radius 2 is 1.70 bits per heavy atom. The molecule has 3 amide bonds. The van der Waals surface area contributed by atoms with Gasteiger partial charge in [0.1, 0.15) is 4.58 Å². The first-order valence-corrected chi connectivity index (χ1v) is 12.0. The van der Waals surface area contributed by atoms with Crippen LogP contribution >= 0.6 is 23.5 Å². The lowest BCUT2D eigenvalue weighted by Crippen LogP contribution is -2.48. The molecule has 2 saturated heterocycles. The highest BCUT2D eigenvalue weighted by molar-refractivity contribution is 8.21. The molecular weight excluding hydrogens is 382 g/mol. The zero-order valence-corrected chi connectivity index (χ0v) is 18.3. The number of hydrogen-bond acceptors (Lipinski definition) is 5. The van der Waals surface area contributed by atoms with E-state index in [0.717, 1.165) is 30.8 Å².